The highest BCUT2D eigenvalue weighted by Crippen LogP contribution is 2.30. The van der Waals surface area contributed by atoms with Crippen LogP contribution in [0.3, 0.4) is 0 Å². The molecule has 1 aromatic rings. The van der Waals surface area contributed by atoms with E-state index in [2.05, 4.69) is 11.9 Å². The molecular formula is C14H15I2NO4. The summed E-state index contributed by atoms with van der Waals surface area (Å²) in [6.45, 7) is 7.01. The van der Waals surface area contributed by atoms with Gasteiger partial charge in [-0.2, -0.15) is 0 Å². The molecule has 0 bridgehead atoms. The Labute approximate surface area is 150 Å². The number of phenols is 1. The van der Waals surface area contributed by atoms with Crippen molar-refractivity contribution in [1.82, 2.24) is 5.32 Å². The number of hydrogen-bond donors (Lipinski definition) is 2. The first-order valence-electron chi connectivity index (χ1n) is 6.08. The number of esters is 1. The van der Waals surface area contributed by atoms with Crippen molar-refractivity contribution in [2.24, 2.45) is 0 Å². The number of hydrogen-bond acceptors (Lipinski definition) is 4. The summed E-state index contributed by atoms with van der Waals surface area (Å²) in [5.74, 6) is -0.829. The number of aromatic hydroxyl groups is 1. The molecule has 21 heavy (non-hydrogen) atoms. The van der Waals surface area contributed by atoms with Crippen molar-refractivity contribution in [2.75, 3.05) is 6.61 Å². The number of amides is 1. The van der Waals surface area contributed by atoms with Gasteiger partial charge in [-0.3, -0.25) is 4.79 Å². The third kappa shape index (κ3) is 4.83. The molecule has 0 saturated carbocycles. The second-order valence-corrected chi connectivity index (χ2v) is 6.60. The molecule has 0 fully saturated rings. The standard InChI is InChI=1S/C14H15I2NO4/c1-4-21-14(20)11(17-13(19)7(2)3)8-5-9(15)12(18)10(16)6-8/h5-6,11,18H,2,4H2,1,3H3,(H,17,19)/i15-2,16-2. The SMILES string of the molecule is C=C(C)C(=O)NC(C(=O)OCC)c1cc([125I])c(O)c([125I])c1. The number of phenolic OH excluding ortho intramolecular Hbond substituents is 1. The van der Waals surface area contributed by atoms with Gasteiger partial charge in [0.2, 0.25) is 5.91 Å². The van der Waals surface area contributed by atoms with Gasteiger partial charge in [-0.05, 0) is 76.7 Å². The predicted octanol–water partition coefficient (Wildman–Crippen LogP) is 2.90. The maximum absolute atomic E-state index is 12.1. The van der Waals surface area contributed by atoms with Crippen LogP contribution < -0.4 is 5.32 Å². The highest BCUT2D eigenvalue weighted by molar-refractivity contribution is 14.1. The molecule has 5 nitrogen and oxygen atoms in total. The minimum atomic E-state index is -0.934. The molecule has 1 amide bonds. The van der Waals surface area contributed by atoms with Gasteiger partial charge in [0, 0.05) is 5.57 Å². The molecule has 0 aliphatic heterocycles. The van der Waals surface area contributed by atoms with Gasteiger partial charge in [-0.15, -0.1) is 0 Å². The number of nitrogens with one attached hydrogen (secondary N) is 1. The van der Waals surface area contributed by atoms with Crippen molar-refractivity contribution in [3.63, 3.8) is 0 Å². The second kappa shape index (κ2) is 7.97. The molecule has 0 saturated heterocycles. The lowest BCUT2D eigenvalue weighted by atomic mass is 10.1. The maximum Gasteiger partial charge on any atom is 0.333 e. The summed E-state index contributed by atoms with van der Waals surface area (Å²) in [5.41, 5.74) is 0.849. The zero-order valence-electron chi connectivity index (χ0n) is 11.6. The average molecular weight is 511 g/mol. The monoisotopic (exact) mass is 511 g/mol. The molecule has 1 atom stereocenters. The van der Waals surface area contributed by atoms with Crippen molar-refractivity contribution >= 4 is 57.1 Å². The number of ether oxygens (including phenoxy) is 1. The van der Waals surface area contributed by atoms with E-state index in [4.69, 9.17) is 4.74 Å². The number of rotatable bonds is 5. The van der Waals surface area contributed by atoms with Gasteiger partial charge in [0.1, 0.15) is 5.75 Å². The van der Waals surface area contributed by atoms with E-state index in [1.165, 1.54) is 0 Å². The van der Waals surface area contributed by atoms with Gasteiger partial charge in [0.05, 0.1) is 13.7 Å². The van der Waals surface area contributed by atoms with Crippen LogP contribution in [-0.2, 0) is 14.3 Å². The first-order chi connectivity index (χ1) is 9.77. The Morgan fingerprint density at radius 2 is 1.90 bits per heavy atom. The van der Waals surface area contributed by atoms with E-state index >= 15 is 0 Å². The Kier molecular flexibility index (Phi) is 6.91. The van der Waals surface area contributed by atoms with Crippen LogP contribution in [0.1, 0.15) is 25.5 Å². The fourth-order valence-corrected chi connectivity index (χ4v) is 3.33. The van der Waals surface area contributed by atoms with Crippen LogP contribution in [0.2, 0.25) is 0 Å². The molecule has 0 aromatic heterocycles. The molecule has 0 radical (unpaired) electrons. The highest BCUT2D eigenvalue weighted by atomic mass is 125. The summed E-state index contributed by atoms with van der Waals surface area (Å²) in [4.78, 5) is 23.9. The molecule has 1 aromatic carbocycles. The van der Waals surface area contributed by atoms with Gasteiger partial charge in [0.15, 0.2) is 6.04 Å². The van der Waals surface area contributed by atoms with Crippen LogP contribution in [-0.4, -0.2) is 23.6 Å². The summed E-state index contributed by atoms with van der Waals surface area (Å²) in [6, 6.07) is 2.34. The zero-order chi connectivity index (χ0) is 16.2. The van der Waals surface area contributed by atoms with E-state index in [1.54, 1.807) is 26.0 Å². The lowest BCUT2D eigenvalue weighted by Crippen LogP contribution is -2.35. The largest absolute Gasteiger partial charge is 0.506 e. The van der Waals surface area contributed by atoms with Crippen molar-refractivity contribution in [1.29, 1.82) is 0 Å². The molecule has 0 aliphatic rings. The average Bonchev–Trinajstić information content (AvgIpc) is 2.41. The Morgan fingerprint density at radius 1 is 1.38 bits per heavy atom. The van der Waals surface area contributed by atoms with E-state index < -0.39 is 17.9 Å². The van der Waals surface area contributed by atoms with Gasteiger partial charge >= 0.3 is 5.97 Å². The topological polar surface area (TPSA) is 75.6 Å². The Morgan fingerprint density at radius 3 is 2.33 bits per heavy atom. The minimum absolute atomic E-state index is 0.147. The summed E-state index contributed by atoms with van der Waals surface area (Å²) in [6.07, 6.45) is 0. The van der Waals surface area contributed by atoms with Crippen molar-refractivity contribution in [3.8, 4) is 5.75 Å². The lowest BCUT2D eigenvalue weighted by Gasteiger charge is -2.18. The van der Waals surface area contributed by atoms with Crippen molar-refractivity contribution in [2.45, 2.75) is 19.9 Å². The van der Waals surface area contributed by atoms with E-state index in [9.17, 15) is 14.7 Å². The zero-order valence-corrected chi connectivity index (χ0v) is 15.9. The molecule has 114 valence electrons. The second-order valence-electron chi connectivity index (χ2n) is 4.27. The van der Waals surface area contributed by atoms with Crippen molar-refractivity contribution < 1.29 is 19.4 Å². The number of benzene rings is 1. The van der Waals surface area contributed by atoms with E-state index in [1.807, 2.05) is 45.2 Å². The summed E-state index contributed by atoms with van der Waals surface area (Å²) in [5, 5.41) is 12.4. The van der Waals surface area contributed by atoms with Gasteiger partial charge in [-0.1, -0.05) is 6.58 Å². The van der Waals surface area contributed by atoms with Gasteiger partial charge in [-0.25, -0.2) is 4.79 Å². The fourth-order valence-electron chi connectivity index (χ4n) is 1.51. The van der Waals surface area contributed by atoms with E-state index in [0.717, 1.165) is 0 Å². The minimum Gasteiger partial charge on any atom is -0.506 e. The molecule has 0 spiro atoms. The lowest BCUT2D eigenvalue weighted by molar-refractivity contribution is -0.147. The molecule has 1 unspecified atom stereocenters. The Balaban J connectivity index is 3.20. The van der Waals surface area contributed by atoms with E-state index in [-0.39, 0.29) is 12.4 Å². The van der Waals surface area contributed by atoms with Crippen molar-refractivity contribution in [3.05, 3.63) is 37.0 Å². The first-order valence-corrected chi connectivity index (χ1v) is 8.24. The summed E-state index contributed by atoms with van der Waals surface area (Å²) >= 11 is 3.93. The third-order valence-electron chi connectivity index (χ3n) is 2.56. The van der Waals surface area contributed by atoms with Gasteiger partial charge < -0.3 is 15.2 Å². The normalized spacial score (nSPS) is 11.6. The Bertz CT molecular complexity index is 563. The van der Waals surface area contributed by atoms with Crippen LogP contribution in [0, 0.1) is 7.14 Å². The number of carbonyl (C=O) groups is 2. The molecular weight excluding hydrogens is 496 g/mol. The van der Waals surface area contributed by atoms with Crippen LogP contribution in [0.15, 0.2) is 24.3 Å². The van der Waals surface area contributed by atoms with Crippen LogP contribution in [0.4, 0.5) is 0 Å². The summed E-state index contributed by atoms with van der Waals surface area (Å²) < 4.78 is 6.18. The molecule has 1 rings (SSSR count). The number of carbonyl (C=O) groups excluding carboxylic acids is 2. The predicted molar refractivity (Wildman–Crippen MR) is 95.9 cm³/mol. The molecule has 0 heterocycles. The fraction of sp³-hybridized carbons (Fsp3) is 0.286. The quantitative estimate of drug-likeness (QED) is 0.363. The van der Waals surface area contributed by atoms with Gasteiger partial charge in [0.25, 0.3) is 0 Å². The summed E-state index contributed by atoms with van der Waals surface area (Å²) in [7, 11) is 0. The van der Waals surface area contributed by atoms with Crippen LogP contribution >= 0.6 is 45.2 Å². The number of halogens is 2. The molecule has 0 aliphatic carbocycles. The Hall–Kier alpha value is -0.840. The maximum atomic E-state index is 12.1. The van der Waals surface area contributed by atoms with Crippen LogP contribution in [0.25, 0.3) is 0 Å². The molecule has 7 heteroatoms. The molecule has 2 N–H and O–H groups in total. The highest BCUT2D eigenvalue weighted by Gasteiger charge is 2.25. The first kappa shape index (κ1) is 18.2. The third-order valence-corrected chi connectivity index (χ3v) is 4.20. The van der Waals surface area contributed by atoms with Crippen LogP contribution in [0.5, 0.6) is 5.75 Å². The van der Waals surface area contributed by atoms with E-state index in [0.29, 0.717) is 18.3 Å². The smallest absolute Gasteiger partial charge is 0.333 e.